The quantitative estimate of drug-likeness (QED) is 0.595. The summed E-state index contributed by atoms with van der Waals surface area (Å²) >= 11 is 1.97. The molecule has 2 N–H and O–H groups in total. The molecule has 0 aliphatic carbocycles. The van der Waals surface area contributed by atoms with Crippen molar-refractivity contribution in [3.05, 3.63) is 18.0 Å². The Hall–Kier alpha value is -1.17. The minimum atomic E-state index is 0.603. The molecule has 0 atom stereocenters. The van der Waals surface area contributed by atoms with E-state index in [9.17, 15) is 0 Å². The number of thioether (sulfide) groups is 1. The molecule has 0 aromatic carbocycles. The molecule has 0 unspecified atom stereocenters. The summed E-state index contributed by atoms with van der Waals surface area (Å²) in [4.78, 5) is 6.55. The van der Waals surface area contributed by atoms with Gasteiger partial charge in [-0.3, -0.25) is 4.68 Å². The van der Waals surface area contributed by atoms with Crippen LogP contribution in [0.25, 0.3) is 0 Å². The Balaban J connectivity index is 1.93. The van der Waals surface area contributed by atoms with Gasteiger partial charge in [0.25, 0.3) is 0 Å². The molecule has 1 fully saturated rings. The van der Waals surface area contributed by atoms with Crippen molar-refractivity contribution in [1.82, 2.24) is 14.7 Å². The first-order valence-electron chi connectivity index (χ1n) is 5.37. The molecule has 2 rings (SSSR count). The lowest BCUT2D eigenvalue weighted by Gasteiger charge is -2.27. The van der Waals surface area contributed by atoms with Gasteiger partial charge in [-0.25, -0.2) is 4.99 Å². The molecular weight excluding hydrogens is 222 g/mol. The van der Waals surface area contributed by atoms with Gasteiger partial charge in [-0.15, -0.1) is 0 Å². The molecule has 1 aromatic rings. The topological polar surface area (TPSA) is 59.4 Å². The van der Waals surface area contributed by atoms with Crippen LogP contribution in [-0.4, -0.2) is 45.2 Å². The number of guanidine groups is 1. The smallest absolute Gasteiger partial charge is 0.191 e. The highest BCUT2D eigenvalue weighted by molar-refractivity contribution is 7.99. The van der Waals surface area contributed by atoms with E-state index in [2.05, 4.69) is 15.0 Å². The maximum atomic E-state index is 5.95. The van der Waals surface area contributed by atoms with Crippen molar-refractivity contribution < 1.29 is 0 Å². The molecule has 16 heavy (non-hydrogen) atoms. The van der Waals surface area contributed by atoms with Crippen LogP contribution in [0.3, 0.4) is 0 Å². The van der Waals surface area contributed by atoms with Crippen molar-refractivity contribution in [2.45, 2.75) is 6.54 Å². The predicted octanol–water partition coefficient (Wildman–Crippen LogP) is 0.284. The summed E-state index contributed by atoms with van der Waals surface area (Å²) in [6.07, 6.45) is 1.78. The fraction of sp³-hybridized carbons (Fsp3) is 0.600. The van der Waals surface area contributed by atoms with E-state index in [4.69, 9.17) is 5.73 Å². The van der Waals surface area contributed by atoms with E-state index in [1.165, 1.54) is 0 Å². The summed E-state index contributed by atoms with van der Waals surface area (Å²) in [5.41, 5.74) is 7.03. The van der Waals surface area contributed by atoms with Crippen LogP contribution in [-0.2, 0) is 13.6 Å². The van der Waals surface area contributed by atoms with E-state index in [1.54, 1.807) is 6.20 Å². The van der Waals surface area contributed by atoms with Crippen LogP contribution in [0.1, 0.15) is 5.69 Å². The number of aryl methyl sites for hydroxylation is 1. The normalized spacial score (nSPS) is 17.8. The van der Waals surface area contributed by atoms with E-state index in [-0.39, 0.29) is 0 Å². The Morgan fingerprint density at radius 3 is 2.94 bits per heavy atom. The highest BCUT2D eigenvalue weighted by Gasteiger charge is 2.11. The van der Waals surface area contributed by atoms with E-state index < -0.39 is 0 Å². The molecular formula is C10H17N5S. The van der Waals surface area contributed by atoms with Gasteiger partial charge >= 0.3 is 0 Å². The minimum Gasteiger partial charge on any atom is -0.370 e. The molecule has 6 heteroatoms. The first kappa shape index (κ1) is 11.3. The van der Waals surface area contributed by atoms with Gasteiger partial charge in [0.15, 0.2) is 5.96 Å². The number of hydrogen-bond donors (Lipinski definition) is 1. The summed E-state index contributed by atoms with van der Waals surface area (Å²) in [5.74, 6) is 2.94. The SMILES string of the molecule is Cn1nccc1CN=C(N)N1CCSCC1. The third kappa shape index (κ3) is 2.69. The third-order valence-corrected chi connectivity index (χ3v) is 3.60. The minimum absolute atomic E-state index is 0.603. The summed E-state index contributed by atoms with van der Waals surface area (Å²) in [6.45, 7) is 2.61. The van der Waals surface area contributed by atoms with Crippen LogP contribution < -0.4 is 5.73 Å². The van der Waals surface area contributed by atoms with Gasteiger partial charge in [0.2, 0.25) is 0 Å². The highest BCUT2D eigenvalue weighted by Crippen LogP contribution is 2.09. The average Bonchev–Trinajstić information content (AvgIpc) is 2.73. The van der Waals surface area contributed by atoms with Crippen molar-refractivity contribution >= 4 is 17.7 Å². The number of rotatable bonds is 2. The van der Waals surface area contributed by atoms with Crippen LogP contribution in [0.15, 0.2) is 17.3 Å². The lowest BCUT2D eigenvalue weighted by molar-refractivity contribution is 0.455. The fourth-order valence-corrected chi connectivity index (χ4v) is 2.51. The second kappa shape index (κ2) is 5.25. The molecule has 5 nitrogen and oxygen atoms in total. The van der Waals surface area contributed by atoms with Crippen molar-refractivity contribution in [1.29, 1.82) is 0 Å². The molecule has 1 aromatic heterocycles. The molecule has 2 heterocycles. The van der Waals surface area contributed by atoms with Crippen LogP contribution >= 0.6 is 11.8 Å². The first-order chi connectivity index (χ1) is 7.77. The Morgan fingerprint density at radius 1 is 1.56 bits per heavy atom. The summed E-state index contributed by atoms with van der Waals surface area (Å²) in [7, 11) is 1.92. The molecule has 0 spiro atoms. The molecule has 1 aliphatic rings. The maximum Gasteiger partial charge on any atom is 0.191 e. The zero-order chi connectivity index (χ0) is 11.4. The second-order valence-corrected chi connectivity index (χ2v) is 4.94. The number of hydrogen-bond acceptors (Lipinski definition) is 3. The van der Waals surface area contributed by atoms with E-state index in [1.807, 2.05) is 29.6 Å². The molecule has 0 bridgehead atoms. The Kier molecular flexibility index (Phi) is 3.71. The lowest BCUT2D eigenvalue weighted by Crippen LogP contribution is -2.42. The monoisotopic (exact) mass is 239 g/mol. The Labute approximate surface area is 99.7 Å². The largest absolute Gasteiger partial charge is 0.370 e. The van der Waals surface area contributed by atoms with Crippen molar-refractivity contribution in [3.8, 4) is 0 Å². The maximum absolute atomic E-state index is 5.95. The average molecular weight is 239 g/mol. The standard InChI is InChI=1S/C10H17N5S/c1-14-9(2-3-13-14)8-12-10(11)15-4-6-16-7-5-15/h2-3H,4-8H2,1H3,(H2,11,12). The number of nitrogens with zero attached hydrogens (tertiary/aromatic N) is 4. The van der Waals surface area contributed by atoms with Crippen molar-refractivity contribution in [3.63, 3.8) is 0 Å². The fourth-order valence-electron chi connectivity index (χ4n) is 1.61. The Morgan fingerprint density at radius 2 is 2.31 bits per heavy atom. The molecule has 0 saturated carbocycles. The first-order valence-corrected chi connectivity index (χ1v) is 6.52. The van der Waals surface area contributed by atoms with Crippen molar-refractivity contribution in [2.24, 2.45) is 17.8 Å². The van der Waals surface area contributed by atoms with Gasteiger partial charge in [-0.1, -0.05) is 0 Å². The van der Waals surface area contributed by atoms with Crippen molar-refractivity contribution in [2.75, 3.05) is 24.6 Å². The van der Waals surface area contributed by atoms with E-state index in [0.717, 1.165) is 30.3 Å². The van der Waals surface area contributed by atoms with Crippen LogP contribution in [0, 0.1) is 0 Å². The Bertz CT molecular complexity index is 367. The second-order valence-electron chi connectivity index (χ2n) is 3.72. The highest BCUT2D eigenvalue weighted by atomic mass is 32.2. The molecule has 88 valence electrons. The van der Waals surface area contributed by atoms with Gasteiger partial charge < -0.3 is 10.6 Å². The van der Waals surface area contributed by atoms with Crippen LogP contribution in [0.5, 0.6) is 0 Å². The van der Waals surface area contributed by atoms with Crippen LogP contribution in [0.2, 0.25) is 0 Å². The summed E-state index contributed by atoms with van der Waals surface area (Å²) in [6, 6.07) is 1.96. The van der Waals surface area contributed by atoms with Gasteiger partial charge in [0.1, 0.15) is 0 Å². The molecule has 0 amide bonds. The molecule has 1 saturated heterocycles. The lowest BCUT2D eigenvalue weighted by atomic mass is 10.4. The van der Waals surface area contributed by atoms with Gasteiger partial charge in [-0.05, 0) is 6.07 Å². The van der Waals surface area contributed by atoms with E-state index >= 15 is 0 Å². The zero-order valence-corrected chi connectivity index (χ0v) is 10.3. The number of aliphatic imine (C=N–C) groups is 1. The predicted molar refractivity (Wildman–Crippen MR) is 67.4 cm³/mol. The summed E-state index contributed by atoms with van der Waals surface area (Å²) < 4.78 is 1.82. The third-order valence-electron chi connectivity index (χ3n) is 2.66. The van der Waals surface area contributed by atoms with Gasteiger partial charge in [0, 0.05) is 37.8 Å². The van der Waals surface area contributed by atoms with Crippen LogP contribution in [0.4, 0.5) is 0 Å². The summed E-state index contributed by atoms with van der Waals surface area (Å²) in [5, 5.41) is 4.10. The molecule has 0 radical (unpaired) electrons. The zero-order valence-electron chi connectivity index (χ0n) is 9.46. The van der Waals surface area contributed by atoms with Gasteiger partial charge in [0.05, 0.1) is 12.2 Å². The molecule has 1 aliphatic heterocycles. The number of nitrogens with two attached hydrogens (primary N) is 1. The van der Waals surface area contributed by atoms with Gasteiger partial charge in [-0.2, -0.15) is 16.9 Å². The van der Waals surface area contributed by atoms with E-state index in [0.29, 0.717) is 12.5 Å². The number of aromatic nitrogens is 2.